The Morgan fingerprint density at radius 1 is 1.35 bits per heavy atom. The number of ether oxygens (including phenoxy) is 1. The first-order valence-electron chi connectivity index (χ1n) is 6.66. The van der Waals surface area contributed by atoms with Crippen LogP contribution < -0.4 is 5.32 Å². The maximum absolute atomic E-state index is 12.2. The summed E-state index contributed by atoms with van der Waals surface area (Å²) in [6.45, 7) is 1.88. The van der Waals surface area contributed by atoms with Gasteiger partial charge < -0.3 is 19.2 Å². The van der Waals surface area contributed by atoms with Crippen molar-refractivity contribution in [3.8, 4) is 0 Å². The lowest BCUT2D eigenvalue weighted by Crippen LogP contribution is -2.15. The summed E-state index contributed by atoms with van der Waals surface area (Å²) >= 11 is 0. The first kappa shape index (κ1) is 16.2. The zero-order valence-corrected chi connectivity index (χ0v) is 12.8. The van der Waals surface area contributed by atoms with Gasteiger partial charge in [0.25, 0.3) is 11.6 Å². The normalized spacial score (nSPS) is 10.4. The van der Waals surface area contributed by atoms with Crippen molar-refractivity contribution in [3.63, 3.8) is 0 Å². The van der Waals surface area contributed by atoms with E-state index in [4.69, 9.17) is 4.74 Å². The van der Waals surface area contributed by atoms with Crippen molar-refractivity contribution in [1.82, 2.24) is 14.1 Å². The summed E-state index contributed by atoms with van der Waals surface area (Å²) < 4.78 is 7.60. The van der Waals surface area contributed by atoms with Gasteiger partial charge in [-0.25, -0.2) is 9.78 Å². The van der Waals surface area contributed by atoms with E-state index < -0.39 is 16.8 Å². The van der Waals surface area contributed by atoms with E-state index >= 15 is 0 Å². The minimum Gasteiger partial charge on any atom is -0.460 e. The fourth-order valence-electron chi connectivity index (χ4n) is 1.96. The molecule has 0 fully saturated rings. The molecule has 0 radical (unpaired) electrons. The Bertz CT molecular complexity index is 776. The average Bonchev–Trinajstić information content (AvgIpc) is 3.02. The van der Waals surface area contributed by atoms with Crippen LogP contribution in [0.2, 0.25) is 0 Å². The lowest BCUT2D eigenvalue weighted by Gasteiger charge is -2.02. The first-order chi connectivity index (χ1) is 10.8. The molecule has 1 N–H and O–H groups in total. The number of imidazole rings is 1. The van der Waals surface area contributed by atoms with Gasteiger partial charge >= 0.3 is 5.97 Å². The predicted octanol–water partition coefficient (Wildman–Crippen LogP) is 1.10. The Hall–Kier alpha value is -3.17. The van der Waals surface area contributed by atoms with Gasteiger partial charge in [0.15, 0.2) is 5.82 Å². The van der Waals surface area contributed by atoms with Gasteiger partial charge in [0.2, 0.25) is 5.82 Å². The van der Waals surface area contributed by atoms with E-state index in [1.807, 2.05) is 0 Å². The Kier molecular flexibility index (Phi) is 4.44. The lowest BCUT2D eigenvalue weighted by atomic mass is 10.4. The molecule has 122 valence electrons. The molecule has 1 amide bonds. The number of nitrogens with one attached hydrogen (secondary N) is 1. The largest absolute Gasteiger partial charge is 0.460 e. The minimum atomic E-state index is -0.606. The second kappa shape index (κ2) is 6.30. The van der Waals surface area contributed by atoms with E-state index in [2.05, 4.69) is 10.3 Å². The molecule has 0 unspecified atom stereocenters. The number of anilines is 1. The Labute approximate surface area is 130 Å². The van der Waals surface area contributed by atoms with Gasteiger partial charge in [-0.2, -0.15) is 0 Å². The van der Waals surface area contributed by atoms with Crippen molar-refractivity contribution in [1.29, 1.82) is 0 Å². The topological polar surface area (TPSA) is 121 Å². The standard InChI is InChI=1S/C13H15N5O5/c1-4-23-13(20)11-14-10(7-17(11)3)15-12(19)9-5-8(18(21)22)6-16(9)2/h5-7H,4H2,1-3H3,(H,15,19). The molecule has 0 saturated heterocycles. The molecule has 0 bridgehead atoms. The maximum Gasteiger partial charge on any atom is 0.374 e. The van der Waals surface area contributed by atoms with Crippen molar-refractivity contribution in [2.75, 3.05) is 11.9 Å². The molecule has 2 aromatic heterocycles. The summed E-state index contributed by atoms with van der Waals surface area (Å²) in [6, 6.07) is 1.16. The smallest absolute Gasteiger partial charge is 0.374 e. The van der Waals surface area contributed by atoms with Crippen LogP contribution in [0.25, 0.3) is 0 Å². The van der Waals surface area contributed by atoms with E-state index in [0.717, 1.165) is 6.07 Å². The molecule has 0 saturated carbocycles. The molecule has 0 aliphatic carbocycles. The second-order valence-corrected chi connectivity index (χ2v) is 4.69. The van der Waals surface area contributed by atoms with Crippen LogP contribution in [0.15, 0.2) is 18.5 Å². The molecule has 0 aliphatic heterocycles. The summed E-state index contributed by atoms with van der Waals surface area (Å²) in [5.74, 6) is -0.997. The summed E-state index contributed by atoms with van der Waals surface area (Å²) in [7, 11) is 3.10. The summed E-state index contributed by atoms with van der Waals surface area (Å²) in [4.78, 5) is 38.0. The van der Waals surface area contributed by atoms with Crippen molar-refractivity contribution < 1.29 is 19.2 Å². The number of esters is 1. The highest BCUT2D eigenvalue weighted by Gasteiger charge is 2.20. The van der Waals surface area contributed by atoms with Crippen LogP contribution in [0, 0.1) is 10.1 Å². The van der Waals surface area contributed by atoms with E-state index in [-0.39, 0.29) is 29.6 Å². The molecule has 10 heteroatoms. The third kappa shape index (κ3) is 3.36. The van der Waals surface area contributed by atoms with Gasteiger partial charge in [-0.1, -0.05) is 0 Å². The van der Waals surface area contributed by atoms with E-state index in [9.17, 15) is 19.7 Å². The third-order valence-electron chi connectivity index (χ3n) is 3.01. The van der Waals surface area contributed by atoms with Crippen molar-refractivity contribution in [2.24, 2.45) is 14.1 Å². The quantitative estimate of drug-likeness (QED) is 0.500. The number of hydrogen-bond donors (Lipinski definition) is 1. The Balaban J connectivity index is 2.19. The zero-order chi connectivity index (χ0) is 17.1. The van der Waals surface area contributed by atoms with Crippen LogP contribution >= 0.6 is 0 Å². The molecular weight excluding hydrogens is 306 g/mol. The average molecular weight is 321 g/mol. The number of nitro groups is 1. The van der Waals surface area contributed by atoms with E-state index in [1.54, 1.807) is 14.0 Å². The van der Waals surface area contributed by atoms with E-state index in [1.165, 1.54) is 28.6 Å². The summed E-state index contributed by atoms with van der Waals surface area (Å²) in [5, 5.41) is 13.2. The van der Waals surface area contributed by atoms with Crippen molar-refractivity contribution in [3.05, 3.63) is 40.1 Å². The summed E-state index contributed by atoms with van der Waals surface area (Å²) in [5.41, 5.74) is -0.0917. The van der Waals surface area contributed by atoms with Crippen LogP contribution in [-0.4, -0.2) is 37.5 Å². The van der Waals surface area contributed by atoms with Gasteiger partial charge in [0.1, 0.15) is 5.69 Å². The monoisotopic (exact) mass is 321 g/mol. The molecule has 0 spiro atoms. The maximum atomic E-state index is 12.2. The van der Waals surface area contributed by atoms with Crippen LogP contribution in [0.1, 0.15) is 28.0 Å². The molecule has 0 aromatic carbocycles. The van der Waals surface area contributed by atoms with Crippen molar-refractivity contribution >= 4 is 23.4 Å². The zero-order valence-electron chi connectivity index (χ0n) is 12.8. The molecule has 0 atom stereocenters. The van der Waals surface area contributed by atoms with Gasteiger partial charge in [-0.3, -0.25) is 14.9 Å². The van der Waals surface area contributed by atoms with E-state index in [0.29, 0.717) is 0 Å². The number of aromatic nitrogens is 3. The first-order valence-corrected chi connectivity index (χ1v) is 6.66. The Morgan fingerprint density at radius 2 is 2.04 bits per heavy atom. The third-order valence-corrected chi connectivity index (χ3v) is 3.01. The van der Waals surface area contributed by atoms with Gasteiger partial charge in [0.05, 0.1) is 17.7 Å². The van der Waals surface area contributed by atoms with Crippen LogP contribution in [0.4, 0.5) is 11.5 Å². The second-order valence-electron chi connectivity index (χ2n) is 4.69. The summed E-state index contributed by atoms with van der Waals surface area (Å²) in [6.07, 6.45) is 2.68. The molecule has 2 heterocycles. The molecular formula is C13H15N5O5. The van der Waals surface area contributed by atoms with Crippen LogP contribution in [0.3, 0.4) is 0 Å². The molecule has 2 rings (SSSR count). The molecule has 23 heavy (non-hydrogen) atoms. The number of aryl methyl sites for hydroxylation is 2. The predicted molar refractivity (Wildman–Crippen MR) is 79.2 cm³/mol. The number of hydrogen-bond acceptors (Lipinski definition) is 6. The lowest BCUT2D eigenvalue weighted by molar-refractivity contribution is -0.384. The number of rotatable bonds is 5. The Morgan fingerprint density at radius 3 is 2.61 bits per heavy atom. The molecule has 2 aromatic rings. The number of amides is 1. The number of carbonyl (C=O) groups excluding carboxylic acids is 2. The van der Waals surface area contributed by atoms with Gasteiger partial charge in [-0.15, -0.1) is 0 Å². The molecule has 10 nitrogen and oxygen atoms in total. The van der Waals surface area contributed by atoms with Gasteiger partial charge in [-0.05, 0) is 6.92 Å². The van der Waals surface area contributed by atoms with Crippen LogP contribution in [-0.2, 0) is 18.8 Å². The fourth-order valence-corrected chi connectivity index (χ4v) is 1.96. The number of carbonyl (C=O) groups is 2. The SMILES string of the molecule is CCOC(=O)c1nc(NC(=O)c2cc([N+](=O)[O-])cn2C)cn1C. The fraction of sp³-hybridized carbons (Fsp3) is 0.308. The van der Waals surface area contributed by atoms with Crippen molar-refractivity contribution in [2.45, 2.75) is 6.92 Å². The highest BCUT2D eigenvalue weighted by atomic mass is 16.6. The molecule has 0 aliphatic rings. The highest BCUT2D eigenvalue weighted by Crippen LogP contribution is 2.17. The van der Waals surface area contributed by atoms with Crippen LogP contribution in [0.5, 0.6) is 0 Å². The number of nitrogens with zero attached hydrogens (tertiary/aromatic N) is 4. The minimum absolute atomic E-state index is 0.0417. The highest BCUT2D eigenvalue weighted by molar-refractivity contribution is 6.03. The van der Waals surface area contributed by atoms with Gasteiger partial charge in [0, 0.05) is 26.4 Å².